The molecular formula is C15H21BrN4O3. The van der Waals surface area contributed by atoms with Crippen molar-refractivity contribution < 1.29 is 14.3 Å². The number of ether oxygens (including phenoxy) is 2. The van der Waals surface area contributed by atoms with Crippen LogP contribution in [0.4, 0.5) is 4.79 Å². The number of likely N-dealkylation sites (tertiary alicyclic amines) is 1. The van der Waals surface area contributed by atoms with Gasteiger partial charge in [-0.25, -0.2) is 14.8 Å². The third kappa shape index (κ3) is 4.54. The summed E-state index contributed by atoms with van der Waals surface area (Å²) in [7, 11) is 0. The molecule has 0 radical (unpaired) electrons. The molecule has 1 aromatic rings. The highest BCUT2D eigenvalue weighted by atomic mass is 79.9. The van der Waals surface area contributed by atoms with E-state index in [0.29, 0.717) is 44.8 Å². The number of hydrogen-bond donors (Lipinski definition) is 0. The van der Waals surface area contributed by atoms with E-state index in [2.05, 4.69) is 25.9 Å². The molecule has 0 spiro atoms. The van der Waals surface area contributed by atoms with Gasteiger partial charge in [-0.2, -0.15) is 0 Å². The zero-order chi connectivity index (χ0) is 16.1. The fraction of sp³-hybridized carbons (Fsp3) is 0.667. The number of rotatable bonds is 3. The standard InChI is InChI=1S/C15H21BrN4O3/c16-13-8-17-14(18-9-13)23-11-12-2-1-3-20(10-12)15(21)19-4-6-22-7-5-19/h8-9,12H,1-7,10-11H2. The van der Waals surface area contributed by atoms with E-state index < -0.39 is 0 Å². The third-order valence-electron chi connectivity index (χ3n) is 4.12. The second-order valence-electron chi connectivity index (χ2n) is 5.83. The van der Waals surface area contributed by atoms with E-state index in [4.69, 9.17) is 9.47 Å². The minimum Gasteiger partial charge on any atom is -0.463 e. The van der Waals surface area contributed by atoms with E-state index in [1.54, 1.807) is 12.4 Å². The van der Waals surface area contributed by atoms with Gasteiger partial charge in [0.25, 0.3) is 0 Å². The Kier molecular flexibility index (Phi) is 5.66. The Hall–Kier alpha value is -1.41. The van der Waals surface area contributed by atoms with Gasteiger partial charge in [0.2, 0.25) is 0 Å². The number of piperidine rings is 1. The second-order valence-corrected chi connectivity index (χ2v) is 6.75. The Labute approximate surface area is 144 Å². The topological polar surface area (TPSA) is 67.8 Å². The minimum absolute atomic E-state index is 0.123. The van der Waals surface area contributed by atoms with Crippen LogP contribution in [0.2, 0.25) is 0 Å². The van der Waals surface area contributed by atoms with Crippen LogP contribution in [0.25, 0.3) is 0 Å². The summed E-state index contributed by atoms with van der Waals surface area (Å²) in [4.78, 5) is 24.6. The Balaban J connectivity index is 1.49. The van der Waals surface area contributed by atoms with E-state index in [-0.39, 0.29) is 6.03 Å². The minimum atomic E-state index is 0.123. The summed E-state index contributed by atoms with van der Waals surface area (Å²) in [5.41, 5.74) is 0. The van der Waals surface area contributed by atoms with E-state index in [9.17, 15) is 4.79 Å². The molecule has 3 rings (SSSR count). The highest BCUT2D eigenvalue weighted by Gasteiger charge is 2.28. The molecule has 2 amide bonds. The van der Waals surface area contributed by atoms with Crippen LogP contribution in [-0.4, -0.2) is 71.8 Å². The lowest BCUT2D eigenvalue weighted by molar-refractivity contribution is 0.0372. The summed E-state index contributed by atoms with van der Waals surface area (Å²) in [6.07, 6.45) is 5.39. The number of hydrogen-bond acceptors (Lipinski definition) is 5. The molecule has 2 aliphatic heterocycles. The number of morpholine rings is 1. The maximum atomic E-state index is 12.5. The van der Waals surface area contributed by atoms with Crippen LogP contribution >= 0.6 is 15.9 Å². The van der Waals surface area contributed by atoms with Crippen molar-refractivity contribution >= 4 is 22.0 Å². The number of aromatic nitrogens is 2. The zero-order valence-electron chi connectivity index (χ0n) is 13.0. The molecule has 0 saturated carbocycles. The van der Waals surface area contributed by atoms with Crippen LogP contribution < -0.4 is 4.74 Å². The third-order valence-corrected chi connectivity index (χ3v) is 4.53. The van der Waals surface area contributed by atoms with Gasteiger partial charge in [0.05, 0.1) is 24.3 Å². The lowest BCUT2D eigenvalue weighted by Gasteiger charge is -2.37. The summed E-state index contributed by atoms with van der Waals surface area (Å²) in [6.45, 7) is 4.72. The van der Waals surface area contributed by atoms with Crippen LogP contribution in [0.5, 0.6) is 6.01 Å². The number of nitrogens with zero attached hydrogens (tertiary/aromatic N) is 4. The predicted octanol–water partition coefficient (Wildman–Crippen LogP) is 1.78. The van der Waals surface area contributed by atoms with Gasteiger partial charge in [0.1, 0.15) is 0 Å². The smallest absolute Gasteiger partial charge is 0.320 e. The molecule has 2 aliphatic rings. The molecule has 126 valence electrons. The Morgan fingerprint density at radius 3 is 2.74 bits per heavy atom. The van der Waals surface area contributed by atoms with E-state index in [1.807, 2.05) is 9.80 Å². The second kappa shape index (κ2) is 7.92. The van der Waals surface area contributed by atoms with Gasteiger partial charge in [-0.05, 0) is 28.8 Å². The first kappa shape index (κ1) is 16.4. The zero-order valence-corrected chi connectivity index (χ0v) is 14.6. The molecule has 0 aliphatic carbocycles. The van der Waals surface area contributed by atoms with Crippen molar-refractivity contribution in [3.8, 4) is 6.01 Å². The first-order chi connectivity index (χ1) is 11.2. The Morgan fingerprint density at radius 2 is 2.00 bits per heavy atom. The predicted molar refractivity (Wildman–Crippen MR) is 87.3 cm³/mol. The molecule has 1 aromatic heterocycles. The van der Waals surface area contributed by atoms with Crippen molar-refractivity contribution in [2.24, 2.45) is 5.92 Å². The molecule has 8 heteroatoms. The van der Waals surface area contributed by atoms with Crippen LogP contribution in [0.15, 0.2) is 16.9 Å². The summed E-state index contributed by atoms with van der Waals surface area (Å²) in [5.74, 6) is 0.320. The van der Waals surface area contributed by atoms with Crippen molar-refractivity contribution in [1.29, 1.82) is 0 Å². The highest BCUT2D eigenvalue weighted by Crippen LogP contribution is 2.19. The molecule has 0 N–H and O–H groups in total. The van der Waals surface area contributed by atoms with Crippen LogP contribution in [0, 0.1) is 5.92 Å². The number of carbonyl (C=O) groups excluding carboxylic acids is 1. The first-order valence-electron chi connectivity index (χ1n) is 7.94. The molecule has 0 bridgehead atoms. The molecule has 1 unspecified atom stereocenters. The average molecular weight is 385 g/mol. The number of amides is 2. The number of urea groups is 1. The lowest BCUT2D eigenvalue weighted by Crippen LogP contribution is -2.51. The summed E-state index contributed by atoms with van der Waals surface area (Å²) in [6, 6.07) is 0.503. The number of halogens is 1. The molecule has 3 heterocycles. The van der Waals surface area contributed by atoms with Gasteiger partial charge in [0.15, 0.2) is 0 Å². The van der Waals surface area contributed by atoms with Gasteiger partial charge >= 0.3 is 12.0 Å². The van der Waals surface area contributed by atoms with Gasteiger partial charge in [-0.3, -0.25) is 0 Å². The van der Waals surface area contributed by atoms with E-state index >= 15 is 0 Å². The van der Waals surface area contributed by atoms with E-state index in [0.717, 1.165) is 30.4 Å². The molecule has 2 fully saturated rings. The van der Waals surface area contributed by atoms with Gasteiger partial charge < -0.3 is 19.3 Å². The largest absolute Gasteiger partial charge is 0.463 e. The Morgan fingerprint density at radius 1 is 1.26 bits per heavy atom. The maximum Gasteiger partial charge on any atom is 0.320 e. The average Bonchev–Trinajstić information content (AvgIpc) is 2.61. The normalized spacial score (nSPS) is 22.0. The number of carbonyl (C=O) groups is 1. The molecule has 2 saturated heterocycles. The van der Waals surface area contributed by atoms with Crippen molar-refractivity contribution in [2.75, 3.05) is 46.0 Å². The van der Waals surface area contributed by atoms with Crippen LogP contribution in [-0.2, 0) is 4.74 Å². The van der Waals surface area contributed by atoms with Crippen molar-refractivity contribution in [3.05, 3.63) is 16.9 Å². The monoisotopic (exact) mass is 384 g/mol. The molecule has 7 nitrogen and oxygen atoms in total. The molecular weight excluding hydrogens is 364 g/mol. The Bertz CT molecular complexity index is 522. The fourth-order valence-electron chi connectivity index (χ4n) is 2.90. The lowest BCUT2D eigenvalue weighted by atomic mass is 9.99. The van der Waals surface area contributed by atoms with E-state index in [1.165, 1.54) is 0 Å². The summed E-state index contributed by atoms with van der Waals surface area (Å²) in [5, 5.41) is 0. The first-order valence-corrected chi connectivity index (χ1v) is 8.73. The maximum absolute atomic E-state index is 12.5. The molecule has 23 heavy (non-hydrogen) atoms. The quantitative estimate of drug-likeness (QED) is 0.794. The van der Waals surface area contributed by atoms with Crippen molar-refractivity contribution in [1.82, 2.24) is 19.8 Å². The molecule has 0 aromatic carbocycles. The van der Waals surface area contributed by atoms with Gasteiger partial charge in [0, 0.05) is 44.5 Å². The van der Waals surface area contributed by atoms with Crippen molar-refractivity contribution in [2.45, 2.75) is 12.8 Å². The van der Waals surface area contributed by atoms with Gasteiger partial charge in [-0.1, -0.05) is 0 Å². The fourth-order valence-corrected chi connectivity index (χ4v) is 3.10. The van der Waals surface area contributed by atoms with Crippen molar-refractivity contribution in [3.63, 3.8) is 0 Å². The van der Waals surface area contributed by atoms with Crippen LogP contribution in [0.1, 0.15) is 12.8 Å². The van der Waals surface area contributed by atoms with Crippen LogP contribution in [0.3, 0.4) is 0 Å². The summed E-state index contributed by atoms with van der Waals surface area (Å²) >= 11 is 3.30. The molecule has 1 atom stereocenters. The van der Waals surface area contributed by atoms with Gasteiger partial charge in [-0.15, -0.1) is 0 Å². The summed E-state index contributed by atoms with van der Waals surface area (Å²) < 4.78 is 11.8. The highest BCUT2D eigenvalue weighted by molar-refractivity contribution is 9.10. The SMILES string of the molecule is O=C(N1CCOCC1)N1CCCC(COc2ncc(Br)cn2)C1.